The summed E-state index contributed by atoms with van der Waals surface area (Å²) in [7, 11) is -0.739. The number of carbonyl (C=O) groups excluding carboxylic acids is 1. The second kappa shape index (κ2) is 8.02. The largest absolute Gasteiger partial charge is 0.497 e. The van der Waals surface area contributed by atoms with Gasteiger partial charge < -0.3 is 14.4 Å². The third-order valence-electron chi connectivity index (χ3n) is 6.79. The zero-order valence-corrected chi connectivity index (χ0v) is 20.6. The van der Waals surface area contributed by atoms with Gasteiger partial charge in [0.1, 0.15) is 17.3 Å². The van der Waals surface area contributed by atoms with Gasteiger partial charge in [-0.25, -0.2) is 12.8 Å². The van der Waals surface area contributed by atoms with Crippen molar-refractivity contribution in [2.75, 3.05) is 20.0 Å². The van der Waals surface area contributed by atoms with Crippen LogP contribution in [0.15, 0.2) is 40.9 Å². The molecule has 0 radical (unpaired) electrons. The van der Waals surface area contributed by atoms with Crippen molar-refractivity contribution in [2.45, 2.75) is 43.0 Å². The summed E-state index contributed by atoms with van der Waals surface area (Å²) in [6, 6.07) is 9.61. The number of halogens is 2. The second-order valence-corrected chi connectivity index (χ2v) is 11.8. The summed E-state index contributed by atoms with van der Waals surface area (Å²) in [5, 5.41) is 0. The smallest absolute Gasteiger partial charge is 0.245 e. The average Bonchev–Trinajstić information content (AvgIpc) is 2.71. The lowest BCUT2D eigenvalue weighted by atomic mass is 9.80. The molecule has 2 aromatic rings. The lowest BCUT2D eigenvalue weighted by molar-refractivity contribution is -0.144. The fraction of sp³-hybridized carbons (Fsp3) is 0.435. The maximum absolute atomic E-state index is 15.0. The molecule has 1 saturated heterocycles. The first-order chi connectivity index (χ1) is 15.1. The number of hydrogen-bond acceptors (Lipinski definition) is 5. The van der Waals surface area contributed by atoms with E-state index < -0.39 is 31.8 Å². The van der Waals surface area contributed by atoms with E-state index in [4.69, 9.17) is 9.47 Å². The number of sulfone groups is 1. The van der Waals surface area contributed by atoms with Gasteiger partial charge in [-0.05, 0) is 56.5 Å². The average molecular weight is 526 g/mol. The number of methoxy groups -OCH3 is 2. The molecule has 0 N–H and O–H groups in total. The van der Waals surface area contributed by atoms with Crippen LogP contribution in [0.1, 0.15) is 37.3 Å². The number of hydrogen-bond donors (Lipinski definition) is 0. The van der Waals surface area contributed by atoms with Crippen LogP contribution in [-0.2, 0) is 26.7 Å². The van der Waals surface area contributed by atoms with Crippen LogP contribution in [0.4, 0.5) is 4.39 Å². The zero-order valence-electron chi connectivity index (χ0n) is 18.2. The van der Waals surface area contributed by atoms with Crippen LogP contribution < -0.4 is 9.47 Å². The SMILES string of the molecule is COc1ccc(CN2C(=O)C3(CCC3)S(=O)(=O)C[C@@]2(C)c2cc(Br)ccc2F)c(OC)c1. The highest BCUT2D eigenvalue weighted by Gasteiger charge is 2.64. The van der Waals surface area contributed by atoms with Crippen molar-refractivity contribution < 1.29 is 27.1 Å². The van der Waals surface area contributed by atoms with Crippen molar-refractivity contribution in [2.24, 2.45) is 0 Å². The monoisotopic (exact) mass is 525 g/mol. The van der Waals surface area contributed by atoms with Crippen molar-refractivity contribution in [3.8, 4) is 11.5 Å². The van der Waals surface area contributed by atoms with Crippen molar-refractivity contribution in [1.29, 1.82) is 0 Å². The maximum Gasteiger partial charge on any atom is 0.245 e. The van der Waals surface area contributed by atoms with E-state index in [0.717, 1.165) is 0 Å². The summed E-state index contributed by atoms with van der Waals surface area (Å²) in [6.07, 6.45) is 1.26. The van der Waals surface area contributed by atoms with E-state index in [-0.39, 0.29) is 17.9 Å². The number of amides is 1. The quantitative estimate of drug-likeness (QED) is 0.584. The number of ether oxygens (including phenoxy) is 2. The fourth-order valence-electron chi connectivity index (χ4n) is 4.74. The fourth-order valence-corrected chi connectivity index (χ4v) is 7.72. The molecule has 9 heteroatoms. The summed E-state index contributed by atoms with van der Waals surface area (Å²) in [5.74, 6) is -0.290. The number of rotatable bonds is 5. The van der Waals surface area contributed by atoms with E-state index in [1.165, 1.54) is 18.1 Å². The van der Waals surface area contributed by atoms with E-state index in [9.17, 15) is 13.2 Å². The van der Waals surface area contributed by atoms with Gasteiger partial charge in [0, 0.05) is 21.7 Å². The van der Waals surface area contributed by atoms with Crippen molar-refractivity contribution in [3.05, 3.63) is 57.8 Å². The number of benzene rings is 2. The molecule has 1 spiro atoms. The molecule has 6 nitrogen and oxygen atoms in total. The van der Waals surface area contributed by atoms with Crippen molar-refractivity contribution >= 4 is 31.7 Å². The Balaban J connectivity index is 1.88. The molecule has 0 bridgehead atoms. The Bertz CT molecular complexity index is 1180. The Morgan fingerprint density at radius 2 is 1.84 bits per heavy atom. The van der Waals surface area contributed by atoms with Gasteiger partial charge in [-0.15, -0.1) is 0 Å². The van der Waals surface area contributed by atoms with E-state index in [2.05, 4.69) is 15.9 Å². The highest BCUT2D eigenvalue weighted by molar-refractivity contribution is 9.10. The summed E-state index contributed by atoms with van der Waals surface area (Å²) in [4.78, 5) is 15.3. The standard InChI is InChI=1S/C23H25BrFNO5S/c1-22(18-11-16(24)6-8-19(18)25)14-32(28,29)23(9-4-10-23)21(27)26(22)13-15-5-7-17(30-2)12-20(15)31-3/h5-8,11-12H,4,9-10,13-14H2,1-3H3/t22-/m0/s1. The molecule has 2 fully saturated rings. The third-order valence-corrected chi connectivity index (χ3v) is 10.00. The summed E-state index contributed by atoms with van der Waals surface area (Å²) in [6.45, 7) is 1.69. The lowest BCUT2D eigenvalue weighted by Crippen LogP contribution is -2.69. The highest BCUT2D eigenvalue weighted by Crippen LogP contribution is 2.51. The normalized spacial score (nSPS) is 23.7. The minimum Gasteiger partial charge on any atom is -0.497 e. The number of nitrogens with zero attached hydrogens (tertiary/aromatic N) is 1. The minimum absolute atomic E-state index is 0.0751. The number of carbonyl (C=O) groups is 1. The maximum atomic E-state index is 15.0. The first-order valence-electron chi connectivity index (χ1n) is 10.3. The first kappa shape index (κ1) is 23.0. The Labute approximate surface area is 195 Å². The molecule has 1 heterocycles. The molecule has 2 aliphatic rings. The van der Waals surface area contributed by atoms with Gasteiger partial charge in [0.25, 0.3) is 0 Å². The summed E-state index contributed by atoms with van der Waals surface area (Å²) < 4.78 is 51.7. The predicted octanol–water partition coefficient (Wildman–Crippen LogP) is 4.20. The molecule has 0 unspecified atom stereocenters. The molecule has 32 heavy (non-hydrogen) atoms. The van der Waals surface area contributed by atoms with Crippen LogP contribution in [0.3, 0.4) is 0 Å². The van der Waals surface area contributed by atoms with E-state index in [1.54, 1.807) is 44.4 Å². The zero-order chi connectivity index (χ0) is 23.3. The minimum atomic E-state index is -3.80. The summed E-state index contributed by atoms with van der Waals surface area (Å²) in [5.41, 5.74) is -0.558. The summed E-state index contributed by atoms with van der Waals surface area (Å²) >= 11 is 3.35. The molecule has 172 valence electrons. The van der Waals surface area contributed by atoms with Gasteiger partial charge in [0.05, 0.1) is 32.1 Å². The Kier molecular flexibility index (Phi) is 5.78. The van der Waals surface area contributed by atoms with Gasteiger partial charge in [-0.3, -0.25) is 4.79 Å². The Morgan fingerprint density at radius 3 is 2.44 bits per heavy atom. The highest BCUT2D eigenvalue weighted by atomic mass is 79.9. The molecule has 4 rings (SSSR count). The van der Waals surface area contributed by atoms with Crippen LogP contribution in [0, 0.1) is 5.82 Å². The molecule has 1 saturated carbocycles. The molecule has 1 aliphatic heterocycles. The molecular weight excluding hydrogens is 501 g/mol. The van der Waals surface area contributed by atoms with Gasteiger partial charge in [-0.2, -0.15) is 0 Å². The lowest BCUT2D eigenvalue weighted by Gasteiger charge is -2.54. The van der Waals surface area contributed by atoms with Gasteiger partial charge in [0.2, 0.25) is 5.91 Å². The van der Waals surface area contributed by atoms with Crippen LogP contribution >= 0.6 is 15.9 Å². The third kappa shape index (κ3) is 3.41. The van der Waals surface area contributed by atoms with Crippen LogP contribution in [0.5, 0.6) is 11.5 Å². The van der Waals surface area contributed by atoms with Crippen LogP contribution in [-0.4, -0.2) is 43.9 Å². The Morgan fingerprint density at radius 1 is 1.12 bits per heavy atom. The van der Waals surface area contributed by atoms with Gasteiger partial charge in [0.15, 0.2) is 14.6 Å². The second-order valence-electron chi connectivity index (χ2n) is 8.57. The first-order valence-corrected chi connectivity index (χ1v) is 12.7. The van der Waals surface area contributed by atoms with Gasteiger partial charge in [-0.1, -0.05) is 15.9 Å². The van der Waals surface area contributed by atoms with Crippen LogP contribution in [0.25, 0.3) is 0 Å². The van der Waals surface area contributed by atoms with Crippen molar-refractivity contribution in [1.82, 2.24) is 4.90 Å². The Hall–Kier alpha value is -2.13. The molecular formula is C23H25BrFNO5S. The van der Waals surface area contributed by atoms with E-state index in [0.29, 0.717) is 40.8 Å². The van der Waals surface area contributed by atoms with Crippen LogP contribution in [0.2, 0.25) is 0 Å². The predicted molar refractivity (Wildman–Crippen MR) is 122 cm³/mol. The topological polar surface area (TPSA) is 72.9 Å². The molecule has 2 aromatic carbocycles. The molecule has 0 aromatic heterocycles. The molecule has 1 aliphatic carbocycles. The van der Waals surface area contributed by atoms with E-state index in [1.807, 2.05) is 0 Å². The molecule has 1 atom stereocenters. The van der Waals surface area contributed by atoms with Crippen molar-refractivity contribution in [3.63, 3.8) is 0 Å². The van der Waals surface area contributed by atoms with E-state index >= 15 is 4.39 Å². The molecule has 1 amide bonds. The van der Waals surface area contributed by atoms with Gasteiger partial charge >= 0.3 is 0 Å².